The van der Waals surface area contributed by atoms with Crippen molar-refractivity contribution in [3.63, 3.8) is 0 Å². The van der Waals surface area contributed by atoms with Crippen molar-refractivity contribution in [2.75, 3.05) is 4.90 Å². The molecule has 0 spiro atoms. The maximum absolute atomic E-state index is 13.9. The highest BCUT2D eigenvalue weighted by molar-refractivity contribution is 7.16. The van der Waals surface area contributed by atoms with Crippen LogP contribution in [0.5, 0.6) is 0 Å². The quantitative estimate of drug-likeness (QED) is 0.472. The number of thiophene rings is 1. The molecule has 0 radical (unpaired) electrons. The summed E-state index contributed by atoms with van der Waals surface area (Å²) in [5, 5.41) is 6.15. The molecular formula is C26H25N3O2S. The number of aromatic nitrogens is 1. The predicted octanol–water partition coefficient (Wildman–Crippen LogP) is 5.00. The molecule has 1 unspecified atom stereocenters. The predicted molar refractivity (Wildman–Crippen MR) is 129 cm³/mol. The third-order valence-corrected chi connectivity index (χ3v) is 7.23. The van der Waals surface area contributed by atoms with Crippen LogP contribution in [0, 0.1) is 0 Å². The molecule has 2 aromatic heterocycles. The van der Waals surface area contributed by atoms with E-state index in [9.17, 15) is 9.59 Å². The van der Waals surface area contributed by atoms with Crippen molar-refractivity contribution in [3.8, 4) is 0 Å². The molecule has 1 atom stereocenters. The van der Waals surface area contributed by atoms with Crippen LogP contribution < -0.4 is 10.2 Å². The lowest BCUT2D eigenvalue weighted by Crippen LogP contribution is -2.64. The van der Waals surface area contributed by atoms with Crippen LogP contribution in [0.2, 0.25) is 0 Å². The molecule has 5 rings (SSSR count). The molecule has 0 aliphatic carbocycles. The van der Waals surface area contributed by atoms with Crippen LogP contribution in [0.15, 0.2) is 72.1 Å². The average Bonchev–Trinajstić information content (AvgIpc) is 3.41. The molecule has 0 saturated carbocycles. The summed E-state index contributed by atoms with van der Waals surface area (Å²) in [6.45, 7) is 4.76. The van der Waals surface area contributed by atoms with Gasteiger partial charge < -0.3 is 9.88 Å². The topological polar surface area (TPSA) is 54.3 Å². The molecule has 4 aromatic rings. The third-order valence-electron chi connectivity index (χ3n) is 6.28. The molecule has 0 fully saturated rings. The zero-order valence-corrected chi connectivity index (χ0v) is 19.0. The summed E-state index contributed by atoms with van der Waals surface area (Å²) in [4.78, 5) is 30.3. The molecule has 162 valence electrons. The van der Waals surface area contributed by atoms with Crippen molar-refractivity contribution in [2.45, 2.75) is 38.9 Å². The molecule has 5 nitrogen and oxygen atoms in total. The standard InChI is InChI=1S/C26H25N3O2S/c1-3-19-11-7-8-12-21(19)29-23(30)22-15-20-13-14-32-24(20)28(22)17-26(29,2)25(31)27-16-18-9-5-4-6-10-18/h4-15H,3,16-17H2,1-2H3,(H,27,31). The van der Waals surface area contributed by atoms with Crippen LogP contribution in [0.25, 0.3) is 10.2 Å². The van der Waals surface area contributed by atoms with E-state index >= 15 is 0 Å². The van der Waals surface area contributed by atoms with Gasteiger partial charge in [0.1, 0.15) is 16.1 Å². The maximum Gasteiger partial charge on any atom is 0.275 e. The minimum Gasteiger partial charge on any atom is -0.350 e. The second-order valence-corrected chi connectivity index (χ2v) is 9.26. The molecule has 3 heterocycles. The largest absolute Gasteiger partial charge is 0.350 e. The number of rotatable bonds is 5. The second kappa shape index (κ2) is 7.95. The third kappa shape index (κ3) is 3.22. The Labute approximate surface area is 191 Å². The summed E-state index contributed by atoms with van der Waals surface area (Å²) >= 11 is 1.60. The van der Waals surface area contributed by atoms with Crippen molar-refractivity contribution >= 4 is 39.1 Å². The minimum atomic E-state index is -1.07. The van der Waals surface area contributed by atoms with Crippen LogP contribution in [0.4, 0.5) is 5.69 Å². The summed E-state index contributed by atoms with van der Waals surface area (Å²) in [5.41, 5.74) is 2.43. The molecule has 0 bridgehead atoms. The second-order valence-electron chi connectivity index (χ2n) is 8.36. The van der Waals surface area contributed by atoms with E-state index in [1.54, 1.807) is 16.2 Å². The minimum absolute atomic E-state index is 0.141. The van der Waals surface area contributed by atoms with Crippen LogP contribution in [0.3, 0.4) is 0 Å². The number of aryl methyl sites for hydroxylation is 1. The lowest BCUT2D eigenvalue weighted by Gasteiger charge is -2.44. The van der Waals surface area contributed by atoms with Crippen molar-refractivity contribution in [1.82, 2.24) is 9.88 Å². The van der Waals surface area contributed by atoms with E-state index < -0.39 is 5.54 Å². The number of hydrogen-bond acceptors (Lipinski definition) is 3. The Balaban J connectivity index is 1.60. The molecule has 1 aliphatic heterocycles. The number of hydrogen-bond donors (Lipinski definition) is 1. The molecule has 1 N–H and O–H groups in total. The number of benzene rings is 2. The van der Waals surface area contributed by atoms with E-state index in [1.807, 2.05) is 83.6 Å². The zero-order chi connectivity index (χ0) is 22.3. The van der Waals surface area contributed by atoms with Crippen molar-refractivity contribution in [1.29, 1.82) is 0 Å². The number of fused-ring (bicyclic) bond motifs is 3. The van der Waals surface area contributed by atoms with E-state index in [4.69, 9.17) is 0 Å². The van der Waals surface area contributed by atoms with E-state index in [1.165, 1.54) is 0 Å². The van der Waals surface area contributed by atoms with Gasteiger partial charge in [-0.1, -0.05) is 55.5 Å². The summed E-state index contributed by atoms with van der Waals surface area (Å²) in [7, 11) is 0. The van der Waals surface area contributed by atoms with Gasteiger partial charge in [0, 0.05) is 17.6 Å². The Bertz CT molecular complexity index is 1310. The van der Waals surface area contributed by atoms with E-state index in [0.717, 1.165) is 33.5 Å². The summed E-state index contributed by atoms with van der Waals surface area (Å²) in [5.74, 6) is -0.303. The summed E-state index contributed by atoms with van der Waals surface area (Å²) in [6.07, 6.45) is 0.776. The first-order valence-corrected chi connectivity index (χ1v) is 11.7. The van der Waals surface area contributed by atoms with E-state index in [2.05, 4.69) is 12.2 Å². The fourth-order valence-corrected chi connectivity index (χ4v) is 5.47. The monoisotopic (exact) mass is 443 g/mol. The molecule has 2 aromatic carbocycles. The number of anilines is 1. The average molecular weight is 444 g/mol. The Morgan fingerprint density at radius 1 is 1.09 bits per heavy atom. The van der Waals surface area contributed by atoms with E-state index in [0.29, 0.717) is 18.8 Å². The van der Waals surface area contributed by atoms with Crippen LogP contribution >= 0.6 is 11.3 Å². The van der Waals surface area contributed by atoms with Gasteiger partial charge in [-0.15, -0.1) is 11.3 Å². The highest BCUT2D eigenvalue weighted by Crippen LogP contribution is 2.38. The van der Waals surface area contributed by atoms with Crippen LogP contribution in [-0.2, 0) is 24.3 Å². The van der Waals surface area contributed by atoms with Gasteiger partial charge in [0.2, 0.25) is 5.91 Å². The van der Waals surface area contributed by atoms with Crippen molar-refractivity contribution in [3.05, 3.63) is 88.9 Å². The van der Waals surface area contributed by atoms with Gasteiger partial charge in [-0.25, -0.2) is 0 Å². The smallest absolute Gasteiger partial charge is 0.275 e. The Hall–Kier alpha value is -3.38. The van der Waals surface area contributed by atoms with Crippen LogP contribution in [0.1, 0.15) is 35.5 Å². The summed E-state index contributed by atoms with van der Waals surface area (Å²) < 4.78 is 2.01. The Kier molecular flexibility index (Phi) is 5.10. The number of para-hydroxylation sites is 1. The van der Waals surface area contributed by atoms with Gasteiger partial charge in [0.25, 0.3) is 5.91 Å². The van der Waals surface area contributed by atoms with Gasteiger partial charge in [0.05, 0.1) is 6.54 Å². The molecule has 0 saturated heterocycles. The first kappa shape index (κ1) is 20.5. The number of carbonyl (C=O) groups excluding carboxylic acids is 2. The fraction of sp³-hybridized carbons (Fsp3) is 0.231. The van der Waals surface area contributed by atoms with Crippen LogP contribution in [-0.4, -0.2) is 21.9 Å². The lowest BCUT2D eigenvalue weighted by molar-refractivity contribution is -0.126. The van der Waals surface area contributed by atoms with Gasteiger partial charge in [-0.3, -0.25) is 14.5 Å². The number of nitrogens with one attached hydrogen (secondary N) is 1. The first-order valence-electron chi connectivity index (χ1n) is 10.8. The molecule has 32 heavy (non-hydrogen) atoms. The van der Waals surface area contributed by atoms with Crippen molar-refractivity contribution in [2.24, 2.45) is 0 Å². The highest BCUT2D eigenvalue weighted by Gasteiger charge is 2.49. The maximum atomic E-state index is 13.9. The number of nitrogens with zero attached hydrogens (tertiary/aromatic N) is 2. The zero-order valence-electron chi connectivity index (χ0n) is 18.2. The first-order chi connectivity index (χ1) is 15.5. The van der Waals surface area contributed by atoms with Crippen molar-refractivity contribution < 1.29 is 9.59 Å². The van der Waals surface area contributed by atoms with Gasteiger partial charge in [-0.2, -0.15) is 0 Å². The fourth-order valence-electron chi connectivity index (χ4n) is 4.57. The van der Waals surface area contributed by atoms with Gasteiger partial charge in [-0.05, 0) is 48.1 Å². The Morgan fingerprint density at radius 2 is 1.84 bits per heavy atom. The molecule has 1 aliphatic rings. The van der Waals surface area contributed by atoms with Gasteiger partial charge in [0.15, 0.2) is 0 Å². The normalized spacial score (nSPS) is 18.1. The highest BCUT2D eigenvalue weighted by atomic mass is 32.1. The SMILES string of the molecule is CCc1ccccc1N1C(=O)c2cc3ccsc3n2CC1(C)C(=O)NCc1ccccc1. The van der Waals surface area contributed by atoms with E-state index in [-0.39, 0.29) is 11.8 Å². The van der Waals surface area contributed by atoms with Gasteiger partial charge >= 0.3 is 0 Å². The molecule has 6 heteroatoms. The molecule has 2 amide bonds. The Morgan fingerprint density at radius 3 is 2.62 bits per heavy atom. The summed E-state index contributed by atoms with van der Waals surface area (Å²) in [6, 6.07) is 21.7. The number of amides is 2. The lowest BCUT2D eigenvalue weighted by atomic mass is 9.92. The molecular weight excluding hydrogens is 418 g/mol. The number of carbonyl (C=O) groups is 2.